The van der Waals surface area contributed by atoms with Crippen molar-refractivity contribution in [1.29, 1.82) is 0 Å². The van der Waals surface area contributed by atoms with Gasteiger partial charge in [-0.2, -0.15) is 8.42 Å². The van der Waals surface area contributed by atoms with Crippen molar-refractivity contribution in [2.45, 2.75) is 18.4 Å². The molecule has 0 aliphatic carbocycles. The molecule has 1 saturated heterocycles. The molecule has 1 unspecified atom stereocenters. The molecule has 11 heteroatoms. The summed E-state index contributed by atoms with van der Waals surface area (Å²) in [6.07, 6.45) is 1.27. The first kappa shape index (κ1) is 25.6. The fourth-order valence-electron chi connectivity index (χ4n) is 3.60. The lowest BCUT2D eigenvalue weighted by Crippen LogP contribution is -2.52. The quantitative estimate of drug-likeness (QED) is 0.464. The minimum atomic E-state index is -3.64. The molecule has 0 aromatic heterocycles. The van der Waals surface area contributed by atoms with Gasteiger partial charge in [-0.25, -0.2) is 0 Å². The number of carbonyl (C=O) groups excluding carboxylic acids is 1. The summed E-state index contributed by atoms with van der Waals surface area (Å²) < 4.78 is 34.0. The molecule has 2 aromatic rings. The Bertz CT molecular complexity index is 1090. The zero-order valence-corrected chi connectivity index (χ0v) is 21.0. The van der Waals surface area contributed by atoms with E-state index in [4.69, 9.17) is 55.3 Å². The number of hydrogen-bond acceptors (Lipinski definition) is 5. The third-order valence-electron chi connectivity index (χ3n) is 5.07. The van der Waals surface area contributed by atoms with Gasteiger partial charge >= 0.3 is 0 Å². The highest BCUT2D eigenvalue weighted by Crippen LogP contribution is 2.37. The van der Waals surface area contributed by atoms with Crippen LogP contribution >= 0.6 is 46.4 Å². The highest BCUT2D eigenvalue weighted by atomic mass is 35.5. The Morgan fingerprint density at radius 3 is 2.41 bits per heavy atom. The van der Waals surface area contributed by atoms with E-state index in [1.807, 2.05) is 0 Å². The average molecular weight is 541 g/mol. The lowest BCUT2D eigenvalue weighted by atomic mass is 9.88. The summed E-state index contributed by atoms with van der Waals surface area (Å²) in [5, 5.41) is 1.60. The average Bonchev–Trinajstić information content (AvgIpc) is 2.68. The second-order valence-electron chi connectivity index (χ2n) is 7.52. The molecular weight excluding hydrogens is 520 g/mol. The van der Waals surface area contributed by atoms with Crippen LogP contribution < -0.4 is 0 Å². The number of benzene rings is 2. The summed E-state index contributed by atoms with van der Waals surface area (Å²) in [5.74, 6) is -0.139. The Hall–Kier alpha value is -1.06. The number of ether oxygens (including phenoxy) is 1. The number of nitrogens with zero attached hydrogens (tertiary/aromatic N) is 1. The highest BCUT2D eigenvalue weighted by molar-refractivity contribution is 7.85. The van der Waals surface area contributed by atoms with Gasteiger partial charge in [0.25, 0.3) is 10.1 Å². The Kier molecular flexibility index (Phi) is 8.36. The van der Waals surface area contributed by atoms with E-state index in [0.717, 1.165) is 6.26 Å². The zero-order chi connectivity index (χ0) is 23.5. The molecule has 1 heterocycles. The van der Waals surface area contributed by atoms with Gasteiger partial charge in [0.2, 0.25) is 5.91 Å². The fourth-order valence-corrected chi connectivity index (χ4v) is 4.86. The van der Waals surface area contributed by atoms with Crippen LogP contribution in [-0.4, -0.2) is 51.8 Å². The largest absolute Gasteiger partial charge is 0.366 e. The molecule has 0 spiro atoms. The normalized spacial score (nSPS) is 19.2. The number of hydrogen-bond donors (Lipinski definition) is 0. The monoisotopic (exact) mass is 539 g/mol. The van der Waals surface area contributed by atoms with Crippen LogP contribution in [0.2, 0.25) is 20.1 Å². The number of morpholine rings is 1. The predicted octanol–water partition coefficient (Wildman–Crippen LogP) is 4.96. The molecule has 32 heavy (non-hydrogen) atoms. The van der Waals surface area contributed by atoms with E-state index in [9.17, 15) is 13.2 Å². The van der Waals surface area contributed by atoms with E-state index >= 15 is 0 Å². The van der Waals surface area contributed by atoms with Crippen molar-refractivity contribution in [3.05, 3.63) is 67.6 Å². The predicted molar refractivity (Wildman–Crippen MR) is 126 cm³/mol. The number of carbonyl (C=O) groups is 1. The summed E-state index contributed by atoms with van der Waals surface area (Å²) in [4.78, 5) is 14.7. The maximum atomic E-state index is 13.1. The third-order valence-corrected chi connectivity index (χ3v) is 6.84. The molecule has 1 fully saturated rings. The van der Waals surface area contributed by atoms with Crippen molar-refractivity contribution in [1.82, 2.24) is 4.90 Å². The maximum absolute atomic E-state index is 13.1. The van der Waals surface area contributed by atoms with Gasteiger partial charge in [-0.1, -0.05) is 52.5 Å². The van der Waals surface area contributed by atoms with Crippen molar-refractivity contribution in [3.8, 4) is 0 Å². The van der Waals surface area contributed by atoms with Crippen molar-refractivity contribution >= 4 is 62.4 Å². The highest BCUT2D eigenvalue weighted by Gasteiger charge is 2.40. The van der Waals surface area contributed by atoms with Crippen LogP contribution in [0.4, 0.5) is 0 Å². The summed E-state index contributed by atoms with van der Waals surface area (Å²) in [6, 6.07) is 10.0. The van der Waals surface area contributed by atoms with E-state index < -0.39 is 15.7 Å². The van der Waals surface area contributed by atoms with E-state index in [-0.39, 0.29) is 38.5 Å². The minimum absolute atomic E-state index is 0.109. The van der Waals surface area contributed by atoms with Crippen LogP contribution in [0.5, 0.6) is 0 Å². The van der Waals surface area contributed by atoms with Gasteiger partial charge in [0, 0.05) is 23.0 Å². The van der Waals surface area contributed by atoms with Crippen LogP contribution in [0.1, 0.15) is 17.5 Å². The molecule has 3 rings (SSSR count). The molecule has 0 N–H and O–H groups in total. The van der Waals surface area contributed by atoms with Gasteiger partial charge in [-0.05, 0) is 41.5 Å². The Morgan fingerprint density at radius 2 is 1.78 bits per heavy atom. The summed E-state index contributed by atoms with van der Waals surface area (Å²) in [6.45, 7) is 0.695. The molecule has 2 aromatic carbocycles. The summed E-state index contributed by atoms with van der Waals surface area (Å²) >= 11 is 24.4. The minimum Gasteiger partial charge on any atom is -0.366 e. The fraction of sp³-hybridized carbons (Fsp3) is 0.381. The van der Waals surface area contributed by atoms with E-state index in [0.29, 0.717) is 37.8 Å². The van der Waals surface area contributed by atoms with Gasteiger partial charge < -0.3 is 9.64 Å². The Labute approximate surface area is 207 Å². The molecule has 0 saturated carbocycles. The molecule has 1 aliphatic heterocycles. The zero-order valence-electron chi connectivity index (χ0n) is 17.1. The van der Waals surface area contributed by atoms with Gasteiger partial charge in [-0.15, -0.1) is 0 Å². The second kappa shape index (κ2) is 10.5. The Morgan fingerprint density at radius 1 is 1.09 bits per heavy atom. The first-order chi connectivity index (χ1) is 15.0. The van der Waals surface area contributed by atoms with Crippen molar-refractivity contribution in [2.24, 2.45) is 0 Å². The van der Waals surface area contributed by atoms with E-state index in [2.05, 4.69) is 0 Å². The Balaban J connectivity index is 1.85. The molecule has 0 bridgehead atoms. The number of rotatable bonds is 7. The topological polar surface area (TPSA) is 72.9 Å². The van der Waals surface area contributed by atoms with Gasteiger partial charge in [0.15, 0.2) is 0 Å². The van der Waals surface area contributed by atoms with Crippen LogP contribution in [0.3, 0.4) is 0 Å². The molecule has 0 radical (unpaired) electrons. The summed E-state index contributed by atoms with van der Waals surface area (Å²) in [5.41, 5.74) is 0.352. The molecular formula is C21H21Cl4NO5S. The number of halogens is 4. The summed E-state index contributed by atoms with van der Waals surface area (Å²) in [7, 11) is -3.64. The first-order valence-corrected chi connectivity index (χ1v) is 13.0. The maximum Gasteiger partial charge on any atom is 0.264 e. The molecule has 6 nitrogen and oxygen atoms in total. The second-order valence-corrected chi connectivity index (χ2v) is 10.8. The standard InChI is InChI=1S/C21H21Cl4NO5S/c1-32(28,29)31-6-4-21(15-2-3-18(24)19(25)11-15)13-26(5-7-30-21)20(27)10-14-8-16(22)12-17(23)9-14/h2-3,8-9,11-12H,4-7,10,13H2,1H3. The lowest BCUT2D eigenvalue weighted by molar-refractivity contribution is -0.154. The lowest BCUT2D eigenvalue weighted by Gasteiger charge is -2.43. The SMILES string of the molecule is CS(=O)(=O)OCCC1(c2ccc(Cl)c(Cl)c2)CN(C(=O)Cc2cc(Cl)cc(Cl)c2)CCO1. The van der Waals surface area contributed by atoms with Gasteiger partial charge in [-0.3, -0.25) is 8.98 Å². The number of amides is 1. The van der Waals surface area contributed by atoms with Crippen molar-refractivity contribution < 1.29 is 22.1 Å². The van der Waals surface area contributed by atoms with Crippen LogP contribution in [0.15, 0.2) is 36.4 Å². The van der Waals surface area contributed by atoms with Gasteiger partial charge in [0.1, 0.15) is 5.60 Å². The van der Waals surface area contributed by atoms with Crippen molar-refractivity contribution in [3.63, 3.8) is 0 Å². The van der Waals surface area contributed by atoms with Crippen LogP contribution in [0, 0.1) is 0 Å². The molecule has 174 valence electrons. The van der Waals surface area contributed by atoms with Crippen LogP contribution in [0.25, 0.3) is 0 Å². The molecule has 1 aliphatic rings. The smallest absolute Gasteiger partial charge is 0.264 e. The van der Waals surface area contributed by atoms with Crippen molar-refractivity contribution in [2.75, 3.05) is 32.6 Å². The van der Waals surface area contributed by atoms with E-state index in [1.165, 1.54) is 0 Å². The van der Waals surface area contributed by atoms with Crippen LogP contribution in [-0.2, 0) is 35.9 Å². The molecule has 1 atom stereocenters. The molecule has 1 amide bonds. The third kappa shape index (κ3) is 6.73. The van der Waals surface area contributed by atoms with E-state index in [1.54, 1.807) is 41.3 Å². The van der Waals surface area contributed by atoms with Gasteiger partial charge in [0.05, 0.1) is 42.5 Å². The first-order valence-electron chi connectivity index (χ1n) is 9.64.